The topological polar surface area (TPSA) is 67.3 Å². The predicted octanol–water partition coefficient (Wildman–Crippen LogP) is 2.78. The van der Waals surface area contributed by atoms with Crippen molar-refractivity contribution in [2.24, 2.45) is 0 Å². The Kier molecular flexibility index (Phi) is 4.95. The van der Waals surface area contributed by atoms with Crippen molar-refractivity contribution in [2.75, 3.05) is 31.7 Å². The molecular weight excluding hydrogens is 298 g/mol. The van der Waals surface area contributed by atoms with Crippen molar-refractivity contribution in [3.63, 3.8) is 0 Å². The van der Waals surface area contributed by atoms with Crippen LogP contribution in [-0.4, -0.2) is 41.4 Å². The summed E-state index contributed by atoms with van der Waals surface area (Å²) in [6.07, 6.45) is 1.57. The van der Waals surface area contributed by atoms with Crippen molar-refractivity contribution < 1.29 is 9.84 Å². The quantitative estimate of drug-likeness (QED) is 0.656. The predicted molar refractivity (Wildman–Crippen MR) is 89.2 cm³/mol. The van der Waals surface area contributed by atoms with Gasteiger partial charge in [0, 0.05) is 17.5 Å². The molecule has 22 heavy (non-hydrogen) atoms. The van der Waals surface area contributed by atoms with Crippen LogP contribution in [0, 0.1) is 0 Å². The van der Waals surface area contributed by atoms with E-state index in [1.807, 2.05) is 18.2 Å². The van der Waals surface area contributed by atoms with Crippen molar-refractivity contribution in [3.05, 3.63) is 42.0 Å². The fraction of sp³-hybridized carbons (Fsp3) is 0.250. The molecule has 2 heterocycles. The summed E-state index contributed by atoms with van der Waals surface area (Å²) in [5.74, 6) is 0.817. The van der Waals surface area contributed by atoms with Crippen LogP contribution in [0.2, 0.25) is 0 Å². The minimum atomic E-state index is 0.0421. The van der Waals surface area contributed by atoms with Gasteiger partial charge in [0.15, 0.2) is 0 Å². The van der Waals surface area contributed by atoms with Gasteiger partial charge in [-0.05, 0) is 5.56 Å². The van der Waals surface area contributed by atoms with Crippen molar-refractivity contribution >= 4 is 27.4 Å². The van der Waals surface area contributed by atoms with E-state index in [4.69, 9.17) is 9.84 Å². The molecule has 0 spiro atoms. The number of hydrogen-bond donors (Lipinski definition) is 2. The molecule has 3 aromatic rings. The molecule has 6 heteroatoms. The average molecular weight is 315 g/mol. The molecule has 0 bridgehead atoms. The molecule has 2 aromatic heterocycles. The van der Waals surface area contributed by atoms with E-state index in [-0.39, 0.29) is 6.61 Å². The Morgan fingerprint density at radius 1 is 1.14 bits per heavy atom. The third-order valence-corrected chi connectivity index (χ3v) is 4.12. The van der Waals surface area contributed by atoms with Gasteiger partial charge in [0.1, 0.15) is 17.0 Å². The van der Waals surface area contributed by atoms with Crippen LogP contribution in [0.5, 0.6) is 0 Å². The standard InChI is InChI=1S/C16H17N3O2S/c20-7-9-21-8-6-17-15-14-13(12-4-2-1-3-5-12)10-22-16(14)19-11-18-15/h1-5,10-11,20H,6-9H2,(H,17,18,19). The average Bonchev–Trinajstić information content (AvgIpc) is 3.00. The first kappa shape index (κ1) is 14.9. The number of nitrogens with zero attached hydrogens (tertiary/aromatic N) is 2. The van der Waals surface area contributed by atoms with Crippen molar-refractivity contribution in [2.45, 2.75) is 0 Å². The number of nitrogens with one attached hydrogen (secondary N) is 1. The van der Waals surface area contributed by atoms with Crippen LogP contribution in [0.1, 0.15) is 0 Å². The highest BCUT2D eigenvalue weighted by molar-refractivity contribution is 7.17. The van der Waals surface area contributed by atoms with Crippen LogP contribution < -0.4 is 5.32 Å². The summed E-state index contributed by atoms with van der Waals surface area (Å²) >= 11 is 1.61. The molecule has 1 aromatic carbocycles. The second-order valence-electron chi connectivity index (χ2n) is 4.68. The van der Waals surface area contributed by atoms with Crippen molar-refractivity contribution in [1.29, 1.82) is 0 Å². The Balaban J connectivity index is 1.85. The lowest BCUT2D eigenvalue weighted by Crippen LogP contribution is -2.12. The number of fused-ring (bicyclic) bond motifs is 1. The lowest BCUT2D eigenvalue weighted by atomic mass is 10.1. The van der Waals surface area contributed by atoms with Gasteiger partial charge in [0.25, 0.3) is 0 Å². The number of ether oxygens (including phenoxy) is 1. The van der Waals surface area contributed by atoms with E-state index in [2.05, 4.69) is 32.8 Å². The van der Waals surface area contributed by atoms with E-state index >= 15 is 0 Å². The van der Waals surface area contributed by atoms with Gasteiger partial charge in [0.05, 0.1) is 25.2 Å². The Hall–Kier alpha value is -2.02. The number of thiophene rings is 1. The molecule has 0 amide bonds. The smallest absolute Gasteiger partial charge is 0.138 e. The van der Waals surface area contributed by atoms with E-state index in [1.165, 1.54) is 0 Å². The first-order chi connectivity index (χ1) is 10.9. The van der Waals surface area contributed by atoms with Gasteiger partial charge in [-0.15, -0.1) is 11.3 Å². The molecule has 0 aliphatic rings. The molecule has 0 radical (unpaired) electrons. The van der Waals surface area contributed by atoms with Crippen LogP contribution in [0.25, 0.3) is 21.3 Å². The highest BCUT2D eigenvalue weighted by atomic mass is 32.1. The summed E-state index contributed by atoms with van der Waals surface area (Å²) in [5.41, 5.74) is 2.29. The lowest BCUT2D eigenvalue weighted by Gasteiger charge is -2.08. The zero-order chi connectivity index (χ0) is 15.2. The molecule has 0 fully saturated rings. The molecule has 0 aliphatic carbocycles. The zero-order valence-electron chi connectivity index (χ0n) is 12.0. The maximum absolute atomic E-state index is 8.69. The Morgan fingerprint density at radius 3 is 2.82 bits per heavy atom. The molecule has 0 saturated heterocycles. The number of benzene rings is 1. The molecule has 0 aliphatic heterocycles. The van der Waals surface area contributed by atoms with Crippen molar-refractivity contribution in [1.82, 2.24) is 9.97 Å². The summed E-state index contributed by atoms with van der Waals surface area (Å²) in [5, 5.41) is 15.1. The number of rotatable bonds is 7. The van der Waals surface area contributed by atoms with Crippen LogP contribution >= 0.6 is 11.3 Å². The molecule has 5 nitrogen and oxygen atoms in total. The number of aromatic nitrogens is 2. The van der Waals surface area contributed by atoms with Crippen LogP contribution in [0.3, 0.4) is 0 Å². The summed E-state index contributed by atoms with van der Waals surface area (Å²) in [7, 11) is 0. The van der Waals surface area contributed by atoms with Gasteiger partial charge in [-0.1, -0.05) is 30.3 Å². The highest BCUT2D eigenvalue weighted by Crippen LogP contribution is 2.36. The number of anilines is 1. The van der Waals surface area contributed by atoms with Gasteiger partial charge in [-0.3, -0.25) is 0 Å². The summed E-state index contributed by atoms with van der Waals surface area (Å²) in [4.78, 5) is 9.68. The minimum Gasteiger partial charge on any atom is -0.394 e. The van der Waals surface area contributed by atoms with E-state index in [0.29, 0.717) is 19.8 Å². The van der Waals surface area contributed by atoms with E-state index < -0.39 is 0 Å². The molecule has 0 unspecified atom stereocenters. The molecule has 114 valence electrons. The minimum absolute atomic E-state index is 0.0421. The van der Waals surface area contributed by atoms with E-state index in [9.17, 15) is 0 Å². The molecule has 0 saturated carbocycles. The second-order valence-corrected chi connectivity index (χ2v) is 5.54. The largest absolute Gasteiger partial charge is 0.394 e. The Labute approximate surface area is 132 Å². The number of aliphatic hydroxyl groups is 1. The second kappa shape index (κ2) is 7.31. The van der Waals surface area contributed by atoms with Gasteiger partial charge >= 0.3 is 0 Å². The first-order valence-corrected chi connectivity index (χ1v) is 7.98. The molecular formula is C16H17N3O2S. The number of hydrogen-bond acceptors (Lipinski definition) is 6. The zero-order valence-corrected chi connectivity index (χ0v) is 12.8. The van der Waals surface area contributed by atoms with Gasteiger partial charge in [-0.25, -0.2) is 9.97 Å². The maximum Gasteiger partial charge on any atom is 0.138 e. The normalized spacial score (nSPS) is 11.0. The third kappa shape index (κ3) is 3.24. The van der Waals surface area contributed by atoms with Crippen molar-refractivity contribution in [3.8, 4) is 11.1 Å². The van der Waals surface area contributed by atoms with Crippen LogP contribution in [0.4, 0.5) is 5.82 Å². The van der Waals surface area contributed by atoms with Gasteiger partial charge in [-0.2, -0.15) is 0 Å². The Morgan fingerprint density at radius 2 is 2.00 bits per heavy atom. The molecule has 0 atom stereocenters. The molecule has 3 rings (SSSR count). The third-order valence-electron chi connectivity index (χ3n) is 3.23. The van der Waals surface area contributed by atoms with Crippen LogP contribution in [-0.2, 0) is 4.74 Å². The van der Waals surface area contributed by atoms with Crippen LogP contribution in [0.15, 0.2) is 42.0 Å². The fourth-order valence-electron chi connectivity index (χ4n) is 2.25. The van der Waals surface area contributed by atoms with E-state index in [1.54, 1.807) is 17.7 Å². The molecule has 2 N–H and O–H groups in total. The Bertz CT molecular complexity index is 731. The summed E-state index contributed by atoms with van der Waals surface area (Å²) in [6, 6.07) is 10.2. The fourth-order valence-corrected chi connectivity index (χ4v) is 3.16. The lowest BCUT2D eigenvalue weighted by molar-refractivity contribution is 0.0992. The van der Waals surface area contributed by atoms with Gasteiger partial charge in [0.2, 0.25) is 0 Å². The summed E-state index contributed by atoms with van der Waals surface area (Å²) in [6.45, 7) is 1.56. The highest BCUT2D eigenvalue weighted by Gasteiger charge is 2.12. The summed E-state index contributed by atoms with van der Waals surface area (Å²) < 4.78 is 5.26. The first-order valence-electron chi connectivity index (χ1n) is 7.10. The van der Waals surface area contributed by atoms with E-state index in [0.717, 1.165) is 27.2 Å². The monoisotopic (exact) mass is 315 g/mol. The maximum atomic E-state index is 8.69. The van der Waals surface area contributed by atoms with Gasteiger partial charge < -0.3 is 15.2 Å². The SMILES string of the molecule is OCCOCCNc1ncnc2scc(-c3ccccc3)c12. The number of aliphatic hydroxyl groups excluding tert-OH is 1.